The fourth-order valence-corrected chi connectivity index (χ4v) is 3.33. The van der Waals surface area contributed by atoms with E-state index in [0.29, 0.717) is 0 Å². The second-order valence-corrected chi connectivity index (χ2v) is 5.92. The lowest BCUT2D eigenvalue weighted by atomic mass is 9.97. The Hall–Kier alpha value is -0.860. The zero-order valence-electron chi connectivity index (χ0n) is 12.9. The van der Waals surface area contributed by atoms with Gasteiger partial charge in [-0.2, -0.15) is 0 Å². The van der Waals surface area contributed by atoms with Gasteiger partial charge in [0.2, 0.25) is 0 Å². The molecule has 1 saturated heterocycles. The van der Waals surface area contributed by atoms with Crippen molar-refractivity contribution in [3.8, 4) is 0 Å². The predicted octanol–water partition coefficient (Wildman–Crippen LogP) is 3.19. The predicted molar refractivity (Wildman–Crippen MR) is 82.6 cm³/mol. The van der Waals surface area contributed by atoms with Gasteiger partial charge in [-0.3, -0.25) is 4.90 Å². The van der Waals surface area contributed by atoms with Gasteiger partial charge in [0.15, 0.2) is 0 Å². The second-order valence-electron chi connectivity index (χ2n) is 5.92. The minimum Gasteiger partial charge on any atom is -0.317 e. The molecular formula is C17H28N2. The zero-order valence-corrected chi connectivity index (χ0v) is 12.9. The largest absolute Gasteiger partial charge is 0.317 e. The fourth-order valence-electron chi connectivity index (χ4n) is 3.33. The summed E-state index contributed by atoms with van der Waals surface area (Å²) < 4.78 is 0. The van der Waals surface area contributed by atoms with Crippen molar-refractivity contribution in [3.63, 3.8) is 0 Å². The van der Waals surface area contributed by atoms with Crippen molar-refractivity contribution in [2.75, 3.05) is 19.6 Å². The van der Waals surface area contributed by atoms with Crippen LogP contribution in [0.4, 0.5) is 0 Å². The van der Waals surface area contributed by atoms with Crippen LogP contribution in [0.1, 0.15) is 42.0 Å². The molecule has 0 amide bonds. The molecule has 1 N–H and O–H groups in total. The molecule has 1 aliphatic rings. The van der Waals surface area contributed by atoms with Gasteiger partial charge in [-0.25, -0.2) is 0 Å². The smallest absolute Gasteiger partial charge is 0.0241 e. The Morgan fingerprint density at radius 1 is 1.11 bits per heavy atom. The Morgan fingerprint density at radius 2 is 1.68 bits per heavy atom. The molecule has 106 valence electrons. The molecule has 19 heavy (non-hydrogen) atoms. The monoisotopic (exact) mass is 260 g/mol. The molecule has 1 fully saturated rings. The van der Waals surface area contributed by atoms with Gasteiger partial charge in [-0.05, 0) is 69.9 Å². The maximum absolute atomic E-state index is 3.46. The van der Waals surface area contributed by atoms with Crippen LogP contribution in [0.3, 0.4) is 0 Å². The molecule has 0 aromatic heterocycles. The van der Waals surface area contributed by atoms with Crippen LogP contribution in [0.15, 0.2) is 12.1 Å². The standard InChI is InChI=1S/C17H28N2/c1-5-19(16-6-8-18-9-7-16)12-17-14(3)10-13(2)11-15(17)4/h10-11,16,18H,5-9,12H2,1-4H3. The average Bonchev–Trinajstić information content (AvgIpc) is 2.39. The van der Waals surface area contributed by atoms with Crippen LogP contribution in [-0.4, -0.2) is 30.6 Å². The molecule has 0 atom stereocenters. The normalized spacial score (nSPS) is 17.1. The van der Waals surface area contributed by atoms with E-state index in [1.807, 2.05) is 0 Å². The van der Waals surface area contributed by atoms with Crippen LogP contribution < -0.4 is 5.32 Å². The summed E-state index contributed by atoms with van der Waals surface area (Å²) in [4.78, 5) is 2.66. The maximum atomic E-state index is 3.46. The van der Waals surface area contributed by atoms with Crippen molar-refractivity contribution >= 4 is 0 Å². The lowest BCUT2D eigenvalue weighted by Crippen LogP contribution is -2.42. The molecule has 1 aliphatic heterocycles. The highest BCUT2D eigenvalue weighted by atomic mass is 15.2. The van der Waals surface area contributed by atoms with E-state index in [0.717, 1.165) is 19.1 Å². The van der Waals surface area contributed by atoms with Gasteiger partial charge in [-0.1, -0.05) is 24.6 Å². The first-order valence-corrected chi connectivity index (χ1v) is 7.63. The topological polar surface area (TPSA) is 15.3 Å². The van der Waals surface area contributed by atoms with Crippen LogP contribution in [0.2, 0.25) is 0 Å². The molecular weight excluding hydrogens is 232 g/mol. The Balaban J connectivity index is 2.13. The van der Waals surface area contributed by atoms with E-state index >= 15 is 0 Å². The molecule has 1 aromatic rings. The third-order valence-corrected chi connectivity index (χ3v) is 4.43. The Kier molecular flexibility index (Phi) is 5.00. The van der Waals surface area contributed by atoms with Gasteiger partial charge >= 0.3 is 0 Å². The van der Waals surface area contributed by atoms with E-state index in [-0.39, 0.29) is 0 Å². The number of rotatable bonds is 4. The lowest BCUT2D eigenvalue weighted by Gasteiger charge is -2.34. The van der Waals surface area contributed by atoms with E-state index in [1.54, 1.807) is 0 Å². The molecule has 0 saturated carbocycles. The van der Waals surface area contributed by atoms with Crippen LogP contribution >= 0.6 is 0 Å². The quantitative estimate of drug-likeness (QED) is 0.894. The average molecular weight is 260 g/mol. The van der Waals surface area contributed by atoms with Crippen molar-refractivity contribution in [1.29, 1.82) is 0 Å². The summed E-state index contributed by atoms with van der Waals surface area (Å²) in [5.41, 5.74) is 5.81. The van der Waals surface area contributed by atoms with Crippen molar-refractivity contribution in [3.05, 3.63) is 34.4 Å². The van der Waals surface area contributed by atoms with Crippen molar-refractivity contribution in [1.82, 2.24) is 10.2 Å². The van der Waals surface area contributed by atoms with Gasteiger partial charge < -0.3 is 5.32 Å². The highest BCUT2D eigenvalue weighted by molar-refractivity contribution is 5.37. The van der Waals surface area contributed by atoms with Crippen molar-refractivity contribution < 1.29 is 0 Å². The van der Waals surface area contributed by atoms with Gasteiger partial charge in [0.25, 0.3) is 0 Å². The van der Waals surface area contributed by atoms with E-state index in [2.05, 4.69) is 50.0 Å². The highest BCUT2D eigenvalue weighted by Crippen LogP contribution is 2.21. The summed E-state index contributed by atoms with van der Waals surface area (Å²) in [5, 5.41) is 3.46. The molecule has 2 heteroatoms. The minimum absolute atomic E-state index is 0.756. The Labute approximate surface area is 118 Å². The third-order valence-electron chi connectivity index (χ3n) is 4.43. The number of piperidine rings is 1. The van der Waals surface area contributed by atoms with E-state index in [4.69, 9.17) is 0 Å². The number of hydrogen-bond acceptors (Lipinski definition) is 2. The third kappa shape index (κ3) is 3.58. The van der Waals surface area contributed by atoms with Crippen LogP contribution in [-0.2, 0) is 6.54 Å². The van der Waals surface area contributed by atoms with Crippen LogP contribution in [0, 0.1) is 20.8 Å². The number of hydrogen-bond donors (Lipinski definition) is 1. The Bertz CT molecular complexity index is 396. The van der Waals surface area contributed by atoms with Crippen LogP contribution in [0.25, 0.3) is 0 Å². The summed E-state index contributed by atoms with van der Waals surface area (Å²) in [6, 6.07) is 5.39. The van der Waals surface area contributed by atoms with Gasteiger partial charge in [0.1, 0.15) is 0 Å². The van der Waals surface area contributed by atoms with E-state index in [1.165, 1.54) is 48.2 Å². The molecule has 0 radical (unpaired) electrons. The number of nitrogens with one attached hydrogen (secondary N) is 1. The van der Waals surface area contributed by atoms with Gasteiger partial charge in [0.05, 0.1) is 0 Å². The van der Waals surface area contributed by atoms with Crippen molar-refractivity contribution in [2.45, 2.75) is 53.1 Å². The highest BCUT2D eigenvalue weighted by Gasteiger charge is 2.20. The molecule has 1 aromatic carbocycles. The second kappa shape index (κ2) is 6.53. The summed E-state index contributed by atoms with van der Waals surface area (Å²) in [5.74, 6) is 0. The van der Waals surface area contributed by atoms with Crippen LogP contribution in [0.5, 0.6) is 0 Å². The van der Waals surface area contributed by atoms with E-state index in [9.17, 15) is 0 Å². The van der Waals surface area contributed by atoms with Gasteiger partial charge in [0, 0.05) is 12.6 Å². The fraction of sp³-hybridized carbons (Fsp3) is 0.647. The molecule has 1 heterocycles. The summed E-state index contributed by atoms with van der Waals surface area (Å²) in [7, 11) is 0. The molecule has 0 spiro atoms. The first kappa shape index (κ1) is 14.5. The zero-order chi connectivity index (χ0) is 13.8. The molecule has 2 rings (SSSR count). The lowest BCUT2D eigenvalue weighted by molar-refractivity contribution is 0.161. The number of aryl methyl sites for hydroxylation is 3. The molecule has 0 aliphatic carbocycles. The van der Waals surface area contributed by atoms with E-state index < -0.39 is 0 Å². The van der Waals surface area contributed by atoms with Crippen molar-refractivity contribution in [2.24, 2.45) is 0 Å². The number of nitrogens with zero attached hydrogens (tertiary/aromatic N) is 1. The first-order valence-electron chi connectivity index (χ1n) is 7.63. The van der Waals surface area contributed by atoms with Gasteiger partial charge in [-0.15, -0.1) is 0 Å². The first-order chi connectivity index (χ1) is 9.11. The summed E-state index contributed by atoms with van der Waals surface area (Å²) in [6.45, 7) is 13.6. The molecule has 2 nitrogen and oxygen atoms in total. The number of benzene rings is 1. The molecule has 0 unspecified atom stereocenters. The molecule has 0 bridgehead atoms. The maximum Gasteiger partial charge on any atom is 0.0241 e. The summed E-state index contributed by atoms with van der Waals surface area (Å²) in [6.07, 6.45) is 2.58. The Morgan fingerprint density at radius 3 is 2.21 bits per heavy atom. The minimum atomic E-state index is 0.756. The SMILES string of the molecule is CCN(Cc1c(C)cc(C)cc1C)C1CCNCC1. The summed E-state index contributed by atoms with van der Waals surface area (Å²) >= 11 is 0.